The van der Waals surface area contributed by atoms with Gasteiger partial charge < -0.3 is 9.64 Å². The zero-order valence-electron chi connectivity index (χ0n) is 15.7. The van der Waals surface area contributed by atoms with Crippen LogP contribution in [0.1, 0.15) is 29.7 Å². The molecule has 0 bridgehead atoms. The molecule has 2 aromatic carbocycles. The van der Waals surface area contributed by atoms with Gasteiger partial charge in [0, 0.05) is 0 Å². The Balaban J connectivity index is 1.74. The summed E-state index contributed by atoms with van der Waals surface area (Å²) in [7, 11) is -3.92. The van der Waals surface area contributed by atoms with E-state index in [1.807, 2.05) is 45.0 Å². The van der Waals surface area contributed by atoms with Crippen LogP contribution in [0, 0.1) is 13.8 Å². The smallest absolute Gasteiger partial charge is 0.331 e. The summed E-state index contributed by atoms with van der Waals surface area (Å²) < 4.78 is 33.0. The molecule has 2 unspecified atom stereocenters. The van der Waals surface area contributed by atoms with Crippen LogP contribution in [0.15, 0.2) is 53.4 Å². The van der Waals surface area contributed by atoms with Gasteiger partial charge in [0.1, 0.15) is 6.10 Å². The Bertz CT molecular complexity index is 908. The first kappa shape index (κ1) is 19.4. The van der Waals surface area contributed by atoms with E-state index in [0.717, 1.165) is 16.7 Å². The topological polar surface area (TPSA) is 75.7 Å². The number of sulfonamides is 1. The Morgan fingerprint density at radius 2 is 1.59 bits per heavy atom. The van der Waals surface area contributed by atoms with Crippen LogP contribution in [-0.2, 0) is 14.8 Å². The van der Waals surface area contributed by atoms with Crippen LogP contribution in [0.25, 0.3) is 0 Å². The first-order valence-corrected chi connectivity index (χ1v) is 10.3. The Kier molecular flexibility index (Phi) is 5.53. The van der Waals surface area contributed by atoms with E-state index in [4.69, 9.17) is 4.74 Å². The number of ether oxygens (including phenoxy) is 1. The minimum atomic E-state index is -3.92. The lowest BCUT2D eigenvalue weighted by Crippen LogP contribution is -2.53. The van der Waals surface area contributed by atoms with Gasteiger partial charge in [-0.25, -0.2) is 17.9 Å². The second kappa shape index (κ2) is 7.70. The standard InChI is InChI=1S/C20H24N2O4S/c1-14-4-8-17(9-5-14)19-12-22(16(3)13-26-19)20(23)21-27(24,25)18-10-6-15(2)7-11-18/h4-11,16,19H,12-13H2,1-3H3,(H,21,23). The Hall–Kier alpha value is -2.38. The molecule has 7 heteroatoms. The molecule has 1 N–H and O–H groups in total. The van der Waals surface area contributed by atoms with E-state index in [1.165, 1.54) is 17.0 Å². The predicted molar refractivity (Wildman–Crippen MR) is 103 cm³/mol. The third-order valence-corrected chi connectivity index (χ3v) is 6.03. The summed E-state index contributed by atoms with van der Waals surface area (Å²) in [5.41, 5.74) is 3.05. The van der Waals surface area contributed by atoms with Gasteiger partial charge in [-0.1, -0.05) is 47.5 Å². The van der Waals surface area contributed by atoms with Crippen molar-refractivity contribution in [1.29, 1.82) is 0 Å². The highest BCUT2D eigenvalue weighted by Crippen LogP contribution is 2.25. The maximum absolute atomic E-state index is 12.7. The third kappa shape index (κ3) is 4.48. The molecule has 0 aromatic heterocycles. The molecule has 0 aliphatic carbocycles. The van der Waals surface area contributed by atoms with Gasteiger partial charge >= 0.3 is 6.03 Å². The molecule has 2 aromatic rings. The van der Waals surface area contributed by atoms with Gasteiger partial charge in [-0.05, 0) is 38.5 Å². The number of carbonyl (C=O) groups is 1. The molecule has 1 fully saturated rings. The third-order valence-electron chi connectivity index (χ3n) is 4.70. The van der Waals surface area contributed by atoms with Crippen molar-refractivity contribution >= 4 is 16.1 Å². The summed E-state index contributed by atoms with van der Waals surface area (Å²) in [5, 5.41) is 0. The number of hydrogen-bond acceptors (Lipinski definition) is 4. The van der Waals surface area contributed by atoms with Crippen LogP contribution in [0.4, 0.5) is 4.79 Å². The molecule has 1 aliphatic heterocycles. The molecule has 0 radical (unpaired) electrons. The number of hydrogen-bond donors (Lipinski definition) is 1. The van der Waals surface area contributed by atoms with Gasteiger partial charge in [-0.15, -0.1) is 0 Å². The van der Waals surface area contributed by atoms with Crippen molar-refractivity contribution in [3.8, 4) is 0 Å². The van der Waals surface area contributed by atoms with E-state index in [-0.39, 0.29) is 17.0 Å². The van der Waals surface area contributed by atoms with Crippen LogP contribution >= 0.6 is 0 Å². The number of benzene rings is 2. The summed E-state index contributed by atoms with van der Waals surface area (Å²) in [6, 6.07) is 13.4. The lowest BCUT2D eigenvalue weighted by molar-refractivity contribution is -0.0420. The Labute approximate surface area is 160 Å². The molecule has 1 saturated heterocycles. The summed E-state index contributed by atoms with van der Waals surface area (Å²) in [4.78, 5) is 14.3. The lowest BCUT2D eigenvalue weighted by Gasteiger charge is -2.38. The van der Waals surface area contributed by atoms with E-state index < -0.39 is 16.1 Å². The van der Waals surface area contributed by atoms with E-state index in [9.17, 15) is 13.2 Å². The Morgan fingerprint density at radius 1 is 1.04 bits per heavy atom. The largest absolute Gasteiger partial charge is 0.370 e. The number of morpholine rings is 1. The van der Waals surface area contributed by atoms with E-state index >= 15 is 0 Å². The SMILES string of the molecule is Cc1ccc(C2CN(C(=O)NS(=O)(=O)c3ccc(C)cc3)C(C)CO2)cc1. The number of rotatable bonds is 3. The molecule has 27 heavy (non-hydrogen) atoms. The summed E-state index contributed by atoms with van der Waals surface area (Å²) in [6.45, 7) is 6.35. The molecule has 2 amide bonds. The van der Waals surface area contributed by atoms with Crippen LogP contribution in [0.3, 0.4) is 0 Å². The molecule has 0 saturated carbocycles. The van der Waals surface area contributed by atoms with Gasteiger partial charge in [-0.2, -0.15) is 0 Å². The molecular formula is C20H24N2O4S. The maximum atomic E-state index is 12.7. The van der Waals surface area contributed by atoms with Crippen LogP contribution in [0.2, 0.25) is 0 Å². The highest BCUT2D eigenvalue weighted by atomic mass is 32.2. The molecule has 144 valence electrons. The molecule has 3 rings (SSSR count). The number of nitrogens with one attached hydrogen (secondary N) is 1. The molecule has 1 heterocycles. The zero-order valence-corrected chi connectivity index (χ0v) is 16.5. The number of aryl methyl sites for hydroxylation is 2. The van der Waals surface area contributed by atoms with Gasteiger partial charge in [0.15, 0.2) is 0 Å². The average molecular weight is 388 g/mol. The minimum Gasteiger partial charge on any atom is -0.370 e. The zero-order chi connectivity index (χ0) is 19.6. The van der Waals surface area contributed by atoms with E-state index in [1.54, 1.807) is 12.1 Å². The van der Waals surface area contributed by atoms with Gasteiger partial charge in [0.25, 0.3) is 10.0 Å². The lowest BCUT2D eigenvalue weighted by atomic mass is 10.0. The molecule has 1 aliphatic rings. The van der Waals surface area contributed by atoms with Crippen molar-refractivity contribution < 1.29 is 17.9 Å². The number of amides is 2. The van der Waals surface area contributed by atoms with Gasteiger partial charge in [-0.3, -0.25) is 0 Å². The first-order chi connectivity index (χ1) is 12.8. The van der Waals surface area contributed by atoms with Crippen molar-refractivity contribution in [3.05, 3.63) is 65.2 Å². The van der Waals surface area contributed by atoms with Crippen LogP contribution < -0.4 is 4.72 Å². The highest BCUT2D eigenvalue weighted by Gasteiger charge is 2.32. The predicted octanol–water partition coefficient (Wildman–Crippen LogP) is 3.16. The van der Waals surface area contributed by atoms with Crippen molar-refractivity contribution in [1.82, 2.24) is 9.62 Å². The molecular weight excluding hydrogens is 364 g/mol. The molecule has 6 nitrogen and oxygen atoms in total. The number of nitrogens with zero attached hydrogens (tertiary/aromatic N) is 1. The minimum absolute atomic E-state index is 0.0671. The fraction of sp³-hybridized carbons (Fsp3) is 0.350. The monoisotopic (exact) mass is 388 g/mol. The molecule has 0 spiro atoms. The second-order valence-corrected chi connectivity index (χ2v) is 8.64. The van der Waals surface area contributed by atoms with Crippen molar-refractivity contribution in [3.63, 3.8) is 0 Å². The summed E-state index contributed by atoms with van der Waals surface area (Å²) >= 11 is 0. The summed E-state index contributed by atoms with van der Waals surface area (Å²) in [6.07, 6.45) is -0.283. The van der Waals surface area contributed by atoms with Crippen molar-refractivity contribution in [2.24, 2.45) is 0 Å². The normalized spacial score (nSPS) is 20.3. The summed E-state index contributed by atoms with van der Waals surface area (Å²) in [5.74, 6) is 0. The highest BCUT2D eigenvalue weighted by molar-refractivity contribution is 7.90. The van der Waals surface area contributed by atoms with Crippen molar-refractivity contribution in [2.45, 2.75) is 37.8 Å². The second-order valence-electron chi connectivity index (χ2n) is 6.96. The van der Waals surface area contributed by atoms with E-state index in [0.29, 0.717) is 13.2 Å². The molecule has 2 atom stereocenters. The van der Waals surface area contributed by atoms with Crippen LogP contribution in [0.5, 0.6) is 0 Å². The van der Waals surface area contributed by atoms with E-state index in [2.05, 4.69) is 4.72 Å². The van der Waals surface area contributed by atoms with Crippen molar-refractivity contribution in [2.75, 3.05) is 13.2 Å². The fourth-order valence-corrected chi connectivity index (χ4v) is 3.93. The average Bonchev–Trinajstić information content (AvgIpc) is 2.63. The van der Waals surface area contributed by atoms with Gasteiger partial charge in [0.2, 0.25) is 0 Å². The van der Waals surface area contributed by atoms with Gasteiger partial charge in [0.05, 0.1) is 24.1 Å². The maximum Gasteiger partial charge on any atom is 0.331 e. The number of carbonyl (C=O) groups excluding carboxylic acids is 1. The van der Waals surface area contributed by atoms with Crippen LogP contribution in [-0.4, -0.2) is 38.5 Å². The first-order valence-electron chi connectivity index (χ1n) is 8.84. The fourth-order valence-electron chi connectivity index (χ4n) is 2.97. The number of urea groups is 1. The Morgan fingerprint density at radius 3 is 2.19 bits per heavy atom. The quantitative estimate of drug-likeness (QED) is 0.876.